The summed E-state index contributed by atoms with van der Waals surface area (Å²) in [4.78, 5) is 0.237. The number of hydrogen-bond acceptors (Lipinski definition) is 4. The summed E-state index contributed by atoms with van der Waals surface area (Å²) in [6.45, 7) is 1.74. The zero-order valence-corrected chi connectivity index (χ0v) is 14.5. The van der Waals surface area contributed by atoms with Crippen LogP contribution in [-0.4, -0.2) is 30.5 Å². The minimum absolute atomic E-state index is 0.162. The van der Waals surface area contributed by atoms with Gasteiger partial charge in [-0.3, -0.25) is 0 Å². The Morgan fingerprint density at radius 3 is 2.57 bits per heavy atom. The lowest BCUT2D eigenvalue weighted by atomic mass is 9.81. The van der Waals surface area contributed by atoms with E-state index in [4.69, 9.17) is 22.7 Å². The Hall–Kier alpha value is -1.37. The van der Waals surface area contributed by atoms with Gasteiger partial charge in [0.1, 0.15) is 0 Å². The smallest absolute Gasteiger partial charge is 0.243 e. The van der Waals surface area contributed by atoms with Crippen molar-refractivity contribution in [3.05, 3.63) is 40.6 Å². The lowest BCUT2D eigenvalue weighted by Gasteiger charge is -2.46. The van der Waals surface area contributed by atoms with Crippen molar-refractivity contribution in [3.8, 4) is 0 Å². The zero-order valence-electron chi connectivity index (χ0n) is 12.9. The van der Waals surface area contributed by atoms with E-state index in [2.05, 4.69) is 0 Å². The standard InChI is InChI=1S/C16H20ClN3O2S/c1-10(18)16-14(19)9-12-3-2-4-15(16)20(12)23(21,22)13-7-5-11(17)6-8-13/h5-8,12,15,19H,2-4,9,18H2,1H3/b16-10+,19-14?. The highest BCUT2D eigenvalue weighted by molar-refractivity contribution is 7.89. The molecule has 2 unspecified atom stereocenters. The monoisotopic (exact) mass is 353 g/mol. The number of fused-ring (bicyclic) bond motifs is 2. The van der Waals surface area contributed by atoms with Crippen LogP contribution in [-0.2, 0) is 10.0 Å². The van der Waals surface area contributed by atoms with Gasteiger partial charge < -0.3 is 11.1 Å². The minimum Gasteiger partial charge on any atom is -0.402 e. The second-order valence-corrected chi connectivity index (χ2v) is 8.45. The van der Waals surface area contributed by atoms with Gasteiger partial charge in [0.05, 0.1) is 10.9 Å². The highest BCUT2D eigenvalue weighted by Gasteiger charge is 2.46. The second-order valence-electron chi connectivity index (χ2n) is 6.17. The molecule has 3 rings (SSSR count). The van der Waals surface area contributed by atoms with E-state index in [0.29, 0.717) is 34.8 Å². The summed E-state index contributed by atoms with van der Waals surface area (Å²) >= 11 is 5.87. The normalized spacial score (nSPS) is 27.8. The van der Waals surface area contributed by atoms with Gasteiger partial charge in [-0.2, -0.15) is 4.31 Å². The number of halogens is 1. The van der Waals surface area contributed by atoms with E-state index in [0.717, 1.165) is 12.8 Å². The van der Waals surface area contributed by atoms with Gasteiger partial charge in [-0.1, -0.05) is 11.6 Å². The van der Waals surface area contributed by atoms with Crippen LogP contribution in [0.2, 0.25) is 5.02 Å². The van der Waals surface area contributed by atoms with Crippen molar-refractivity contribution in [2.45, 2.75) is 49.6 Å². The molecule has 2 atom stereocenters. The lowest BCUT2D eigenvalue weighted by Crippen LogP contribution is -2.56. The van der Waals surface area contributed by atoms with Gasteiger partial charge in [0.25, 0.3) is 0 Å². The molecule has 2 aliphatic rings. The molecule has 0 aromatic heterocycles. The third kappa shape index (κ3) is 2.79. The van der Waals surface area contributed by atoms with E-state index in [1.165, 1.54) is 12.1 Å². The predicted octanol–water partition coefficient (Wildman–Crippen LogP) is 2.91. The zero-order chi connectivity index (χ0) is 16.8. The summed E-state index contributed by atoms with van der Waals surface area (Å²) in [7, 11) is -3.64. The van der Waals surface area contributed by atoms with Gasteiger partial charge >= 0.3 is 0 Å². The maximum Gasteiger partial charge on any atom is 0.243 e. The summed E-state index contributed by atoms with van der Waals surface area (Å²) in [5, 5.41) is 8.73. The summed E-state index contributed by atoms with van der Waals surface area (Å²) in [6.07, 6.45) is 2.86. The molecule has 0 saturated carbocycles. The number of nitrogens with zero attached hydrogens (tertiary/aromatic N) is 1. The predicted molar refractivity (Wildman–Crippen MR) is 91.1 cm³/mol. The van der Waals surface area contributed by atoms with Crippen LogP contribution in [0.5, 0.6) is 0 Å². The van der Waals surface area contributed by atoms with E-state index in [1.807, 2.05) is 0 Å². The Morgan fingerprint density at radius 2 is 1.96 bits per heavy atom. The van der Waals surface area contributed by atoms with E-state index in [9.17, 15) is 8.42 Å². The van der Waals surface area contributed by atoms with Gasteiger partial charge in [0, 0.05) is 34.5 Å². The average molecular weight is 354 g/mol. The molecular formula is C16H20ClN3O2S. The minimum atomic E-state index is -3.64. The van der Waals surface area contributed by atoms with Crippen molar-refractivity contribution in [2.24, 2.45) is 5.73 Å². The number of nitrogens with one attached hydrogen (secondary N) is 1. The molecule has 2 aliphatic heterocycles. The number of rotatable bonds is 2. The molecule has 0 radical (unpaired) electrons. The average Bonchev–Trinajstić information content (AvgIpc) is 2.46. The largest absolute Gasteiger partial charge is 0.402 e. The van der Waals surface area contributed by atoms with Crippen molar-refractivity contribution in [2.75, 3.05) is 0 Å². The highest BCUT2D eigenvalue weighted by atomic mass is 35.5. The molecule has 7 heteroatoms. The van der Waals surface area contributed by atoms with Crippen LogP contribution in [0, 0.1) is 5.41 Å². The number of piperidine rings is 2. The van der Waals surface area contributed by atoms with Gasteiger partial charge in [0.2, 0.25) is 10.0 Å². The van der Waals surface area contributed by atoms with Gasteiger partial charge in [-0.05, 0) is 50.5 Å². The molecule has 23 heavy (non-hydrogen) atoms. The summed E-state index contributed by atoms with van der Waals surface area (Å²) in [5.41, 5.74) is 7.65. The van der Waals surface area contributed by atoms with Crippen LogP contribution in [0.4, 0.5) is 0 Å². The first-order valence-electron chi connectivity index (χ1n) is 7.65. The fraction of sp³-hybridized carbons (Fsp3) is 0.438. The van der Waals surface area contributed by atoms with Gasteiger partial charge in [-0.15, -0.1) is 0 Å². The maximum atomic E-state index is 13.1. The molecular weight excluding hydrogens is 334 g/mol. The number of benzene rings is 1. The van der Waals surface area contributed by atoms with E-state index in [1.54, 1.807) is 23.4 Å². The Morgan fingerprint density at radius 1 is 1.30 bits per heavy atom. The Balaban J connectivity index is 2.09. The Kier molecular flexibility index (Phi) is 4.25. The summed E-state index contributed by atoms with van der Waals surface area (Å²) in [5.74, 6) is 0. The first kappa shape index (κ1) is 16.5. The quantitative estimate of drug-likeness (QED) is 0.856. The molecule has 0 spiro atoms. The fourth-order valence-electron chi connectivity index (χ4n) is 3.66. The lowest BCUT2D eigenvalue weighted by molar-refractivity contribution is 0.196. The van der Waals surface area contributed by atoms with Crippen LogP contribution >= 0.6 is 11.6 Å². The van der Waals surface area contributed by atoms with Crippen LogP contribution in [0.3, 0.4) is 0 Å². The number of hydrogen-bond donors (Lipinski definition) is 2. The molecule has 2 fully saturated rings. The van der Waals surface area contributed by atoms with Crippen LogP contribution < -0.4 is 5.73 Å². The first-order valence-corrected chi connectivity index (χ1v) is 9.47. The maximum absolute atomic E-state index is 13.1. The van der Waals surface area contributed by atoms with Crippen molar-refractivity contribution in [3.63, 3.8) is 0 Å². The number of sulfonamides is 1. The van der Waals surface area contributed by atoms with Crippen LogP contribution in [0.25, 0.3) is 0 Å². The van der Waals surface area contributed by atoms with Crippen molar-refractivity contribution < 1.29 is 8.42 Å². The molecule has 2 saturated heterocycles. The molecule has 5 nitrogen and oxygen atoms in total. The van der Waals surface area contributed by atoms with E-state index < -0.39 is 10.0 Å². The molecule has 124 valence electrons. The Labute approximate surface area is 141 Å². The SMILES string of the molecule is C/C(N)=C1/C(=N)CC2CCCC1N2S(=O)(=O)c1ccc(Cl)cc1. The molecule has 1 aromatic carbocycles. The van der Waals surface area contributed by atoms with Crippen LogP contribution in [0.1, 0.15) is 32.6 Å². The Bertz CT molecular complexity index is 767. The second kappa shape index (κ2) is 5.92. The third-order valence-electron chi connectivity index (χ3n) is 4.59. The molecule has 0 amide bonds. The molecule has 0 aliphatic carbocycles. The van der Waals surface area contributed by atoms with E-state index >= 15 is 0 Å². The van der Waals surface area contributed by atoms with Crippen molar-refractivity contribution in [1.82, 2.24) is 4.31 Å². The van der Waals surface area contributed by atoms with Crippen LogP contribution in [0.15, 0.2) is 40.4 Å². The van der Waals surface area contributed by atoms with Gasteiger partial charge in [-0.25, -0.2) is 8.42 Å². The summed E-state index contributed by atoms with van der Waals surface area (Å²) in [6, 6.07) is 5.74. The van der Waals surface area contributed by atoms with Gasteiger partial charge in [0.15, 0.2) is 0 Å². The third-order valence-corrected chi connectivity index (χ3v) is 6.82. The molecule has 1 aromatic rings. The number of allylic oxidation sites excluding steroid dienone is 1. The molecule has 3 N–H and O–H groups in total. The molecule has 2 heterocycles. The van der Waals surface area contributed by atoms with Crippen molar-refractivity contribution >= 4 is 27.3 Å². The fourth-order valence-corrected chi connectivity index (χ4v) is 5.63. The van der Waals surface area contributed by atoms with E-state index in [-0.39, 0.29) is 17.0 Å². The topological polar surface area (TPSA) is 87.2 Å². The van der Waals surface area contributed by atoms with Crippen molar-refractivity contribution in [1.29, 1.82) is 5.41 Å². The molecule has 2 bridgehead atoms. The first-order chi connectivity index (χ1) is 10.8. The highest BCUT2D eigenvalue weighted by Crippen LogP contribution is 2.40. The number of nitrogens with two attached hydrogens (primary N) is 1. The summed E-state index contributed by atoms with van der Waals surface area (Å²) < 4.78 is 27.8.